The zero-order chi connectivity index (χ0) is 19.5. The van der Waals surface area contributed by atoms with Gasteiger partial charge in [0.15, 0.2) is 0 Å². The Bertz CT molecular complexity index is 966. The van der Waals surface area contributed by atoms with Gasteiger partial charge in [-0.3, -0.25) is 4.90 Å². The molecule has 0 bridgehead atoms. The summed E-state index contributed by atoms with van der Waals surface area (Å²) in [7, 11) is 3.31. The van der Waals surface area contributed by atoms with Gasteiger partial charge in [0, 0.05) is 30.3 Å². The van der Waals surface area contributed by atoms with Crippen LogP contribution < -0.4 is 9.47 Å². The maximum Gasteiger partial charge on any atom is 0.127 e. The maximum absolute atomic E-state index is 10.9. The molecule has 1 atom stereocenters. The summed E-state index contributed by atoms with van der Waals surface area (Å²) in [5.74, 6) is 1.76. The van der Waals surface area contributed by atoms with E-state index in [9.17, 15) is 5.11 Å². The summed E-state index contributed by atoms with van der Waals surface area (Å²) in [5, 5.41) is 13.0. The predicted molar refractivity (Wildman–Crippen MR) is 109 cm³/mol. The third kappa shape index (κ3) is 3.39. The van der Waals surface area contributed by atoms with Crippen molar-refractivity contribution >= 4 is 10.8 Å². The first kappa shape index (κ1) is 18.6. The first-order valence-electron chi connectivity index (χ1n) is 9.47. The number of methoxy groups -OCH3 is 2. The van der Waals surface area contributed by atoms with Gasteiger partial charge in [0.2, 0.25) is 0 Å². The van der Waals surface area contributed by atoms with Crippen LogP contribution in [0.3, 0.4) is 0 Å². The Labute approximate surface area is 165 Å². The highest BCUT2D eigenvalue weighted by Gasteiger charge is 2.30. The summed E-state index contributed by atoms with van der Waals surface area (Å²) < 4.78 is 16.7. The van der Waals surface area contributed by atoms with E-state index >= 15 is 0 Å². The molecule has 0 radical (unpaired) electrons. The maximum atomic E-state index is 10.9. The van der Waals surface area contributed by atoms with Crippen LogP contribution in [0.15, 0.2) is 54.6 Å². The molecule has 0 saturated carbocycles. The molecule has 1 aliphatic rings. The Kier molecular flexibility index (Phi) is 5.37. The summed E-state index contributed by atoms with van der Waals surface area (Å²) in [6.45, 7) is 2.89. The van der Waals surface area contributed by atoms with Gasteiger partial charge in [-0.05, 0) is 29.0 Å². The third-order valence-corrected chi connectivity index (χ3v) is 5.37. The van der Waals surface area contributed by atoms with Crippen molar-refractivity contribution in [1.82, 2.24) is 4.90 Å². The number of benzene rings is 3. The van der Waals surface area contributed by atoms with E-state index in [1.165, 1.54) is 0 Å². The number of rotatable bonds is 5. The van der Waals surface area contributed by atoms with Crippen LogP contribution in [0.5, 0.6) is 17.2 Å². The highest BCUT2D eigenvalue weighted by molar-refractivity contribution is 5.88. The molecule has 5 heteroatoms. The molecular formula is C23H25NO4. The number of aromatic hydroxyl groups is 1. The molecule has 0 aliphatic carbocycles. The minimum Gasteiger partial charge on any atom is -0.508 e. The average molecular weight is 379 g/mol. The largest absolute Gasteiger partial charge is 0.508 e. The Morgan fingerprint density at radius 1 is 0.964 bits per heavy atom. The van der Waals surface area contributed by atoms with Gasteiger partial charge in [-0.25, -0.2) is 0 Å². The Morgan fingerprint density at radius 2 is 1.75 bits per heavy atom. The summed E-state index contributed by atoms with van der Waals surface area (Å²) in [6, 6.07) is 17.6. The zero-order valence-electron chi connectivity index (χ0n) is 16.2. The van der Waals surface area contributed by atoms with Crippen LogP contribution in [0.1, 0.15) is 17.2 Å². The number of hydrogen-bond acceptors (Lipinski definition) is 5. The number of morpholine rings is 1. The highest BCUT2D eigenvalue weighted by atomic mass is 16.5. The number of nitrogens with zero attached hydrogens (tertiary/aromatic N) is 1. The Morgan fingerprint density at radius 3 is 2.50 bits per heavy atom. The van der Waals surface area contributed by atoms with Gasteiger partial charge in [0.1, 0.15) is 17.2 Å². The average Bonchev–Trinajstić information content (AvgIpc) is 2.76. The molecule has 1 N–H and O–H groups in total. The van der Waals surface area contributed by atoms with Gasteiger partial charge < -0.3 is 19.3 Å². The lowest BCUT2D eigenvalue weighted by molar-refractivity contribution is 0.0234. The number of phenols is 1. The first-order chi connectivity index (χ1) is 13.7. The lowest BCUT2D eigenvalue weighted by atomic mass is 9.90. The van der Waals surface area contributed by atoms with E-state index in [0.29, 0.717) is 13.2 Å². The second kappa shape index (κ2) is 8.09. The lowest BCUT2D eigenvalue weighted by Crippen LogP contribution is -2.39. The molecule has 1 heterocycles. The van der Waals surface area contributed by atoms with E-state index in [1.807, 2.05) is 36.4 Å². The fourth-order valence-electron chi connectivity index (χ4n) is 3.99. The summed E-state index contributed by atoms with van der Waals surface area (Å²) >= 11 is 0. The Hall–Kier alpha value is -2.76. The molecule has 28 heavy (non-hydrogen) atoms. The summed E-state index contributed by atoms with van der Waals surface area (Å²) in [4.78, 5) is 2.34. The number of phenolic OH excluding ortho intramolecular Hbond substituents is 1. The fourth-order valence-corrected chi connectivity index (χ4v) is 3.99. The summed E-state index contributed by atoms with van der Waals surface area (Å²) in [6.07, 6.45) is 0. The molecule has 0 unspecified atom stereocenters. The van der Waals surface area contributed by atoms with Crippen molar-refractivity contribution < 1.29 is 19.3 Å². The van der Waals surface area contributed by atoms with E-state index in [1.54, 1.807) is 20.3 Å². The van der Waals surface area contributed by atoms with Crippen molar-refractivity contribution in [2.24, 2.45) is 0 Å². The highest BCUT2D eigenvalue weighted by Crippen LogP contribution is 2.43. The van der Waals surface area contributed by atoms with Gasteiger partial charge in [-0.15, -0.1) is 0 Å². The van der Waals surface area contributed by atoms with Crippen molar-refractivity contribution in [2.75, 3.05) is 40.5 Å². The normalized spacial score (nSPS) is 16.1. The monoisotopic (exact) mass is 379 g/mol. The summed E-state index contributed by atoms with van der Waals surface area (Å²) in [5.41, 5.74) is 1.89. The van der Waals surface area contributed by atoms with Crippen LogP contribution >= 0.6 is 0 Å². The van der Waals surface area contributed by atoms with Crippen LogP contribution in [0, 0.1) is 0 Å². The van der Waals surface area contributed by atoms with Crippen molar-refractivity contribution in [3.8, 4) is 17.2 Å². The number of fused-ring (bicyclic) bond motifs is 1. The van der Waals surface area contributed by atoms with E-state index in [2.05, 4.69) is 17.0 Å². The second-order valence-corrected chi connectivity index (χ2v) is 6.88. The van der Waals surface area contributed by atoms with Gasteiger partial charge in [-0.2, -0.15) is 0 Å². The number of hydrogen-bond donors (Lipinski definition) is 1. The minimum absolute atomic E-state index is 0.157. The minimum atomic E-state index is -0.157. The van der Waals surface area contributed by atoms with E-state index in [0.717, 1.165) is 46.5 Å². The van der Waals surface area contributed by atoms with Crippen molar-refractivity contribution in [2.45, 2.75) is 6.04 Å². The van der Waals surface area contributed by atoms with Gasteiger partial charge >= 0.3 is 0 Å². The van der Waals surface area contributed by atoms with Crippen LogP contribution in [0.4, 0.5) is 0 Å². The molecule has 5 nitrogen and oxygen atoms in total. The van der Waals surface area contributed by atoms with Crippen LogP contribution in [0.2, 0.25) is 0 Å². The fraction of sp³-hybridized carbons (Fsp3) is 0.304. The number of ether oxygens (including phenoxy) is 3. The lowest BCUT2D eigenvalue weighted by Gasteiger charge is -2.36. The molecule has 3 aromatic carbocycles. The molecule has 4 rings (SSSR count). The van der Waals surface area contributed by atoms with Crippen molar-refractivity contribution in [3.63, 3.8) is 0 Å². The quantitative estimate of drug-likeness (QED) is 0.727. The molecule has 0 aromatic heterocycles. The smallest absolute Gasteiger partial charge is 0.127 e. The van der Waals surface area contributed by atoms with E-state index in [4.69, 9.17) is 14.2 Å². The van der Waals surface area contributed by atoms with Crippen LogP contribution in [-0.2, 0) is 4.74 Å². The van der Waals surface area contributed by atoms with Gasteiger partial charge in [0.25, 0.3) is 0 Å². The van der Waals surface area contributed by atoms with Crippen LogP contribution in [-0.4, -0.2) is 50.5 Å². The van der Waals surface area contributed by atoms with E-state index in [-0.39, 0.29) is 11.8 Å². The topological polar surface area (TPSA) is 51.2 Å². The van der Waals surface area contributed by atoms with Gasteiger partial charge in [0.05, 0.1) is 33.5 Å². The SMILES string of the molecule is COc1ccc([C@@H](c2c(O)ccc3ccccc23)N2CCOCC2)c(OC)c1. The van der Waals surface area contributed by atoms with Gasteiger partial charge in [-0.1, -0.05) is 30.3 Å². The third-order valence-electron chi connectivity index (χ3n) is 5.37. The van der Waals surface area contributed by atoms with E-state index < -0.39 is 0 Å². The predicted octanol–water partition coefficient (Wildman–Crippen LogP) is 3.98. The molecule has 0 spiro atoms. The van der Waals surface area contributed by atoms with Crippen molar-refractivity contribution in [1.29, 1.82) is 0 Å². The molecular weight excluding hydrogens is 354 g/mol. The Balaban J connectivity index is 1.95. The first-order valence-corrected chi connectivity index (χ1v) is 9.47. The molecule has 1 saturated heterocycles. The molecule has 1 fully saturated rings. The molecule has 1 aliphatic heterocycles. The zero-order valence-corrected chi connectivity index (χ0v) is 16.2. The standard InChI is InChI=1S/C23H25NO4/c1-26-17-8-9-19(21(15-17)27-2)23(24-11-13-28-14-12-24)22-18-6-4-3-5-16(18)7-10-20(22)25/h3-10,15,23,25H,11-14H2,1-2H3/t23-/m0/s1. The molecule has 3 aromatic rings. The molecule has 0 amide bonds. The van der Waals surface area contributed by atoms with Crippen LogP contribution in [0.25, 0.3) is 10.8 Å². The second-order valence-electron chi connectivity index (χ2n) is 6.88. The molecule has 146 valence electrons. The van der Waals surface area contributed by atoms with Crippen molar-refractivity contribution in [3.05, 3.63) is 65.7 Å².